The van der Waals surface area contributed by atoms with Gasteiger partial charge in [0, 0.05) is 17.1 Å². The Labute approximate surface area is 102 Å². The van der Waals surface area contributed by atoms with E-state index in [-0.39, 0.29) is 0 Å². The van der Waals surface area contributed by atoms with Crippen molar-refractivity contribution in [2.24, 2.45) is 0 Å². The van der Waals surface area contributed by atoms with Crippen molar-refractivity contribution in [1.82, 2.24) is 0 Å². The van der Waals surface area contributed by atoms with E-state index in [1.165, 1.54) is 5.56 Å². The van der Waals surface area contributed by atoms with Crippen LogP contribution in [0, 0.1) is 0 Å². The van der Waals surface area contributed by atoms with E-state index in [2.05, 4.69) is 43.4 Å². The summed E-state index contributed by atoms with van der Waals surface area (Å²) in [5.74, 6) is 0.570. The molecule has 2 aromatic rings. The van der Waals surface area contributed by atoms with Gasteiger partial charge in [-0.15, -0.1) is 0 Å². The Balaban J connectivity index is 2.11. The number of hydrogen-bond donors (Lipinski definition) is 2. The molecule has 0 spiro atoms. The molecule has 0 radical (unpaired) electrons. The highest BCUT2D eigenvalue weighted by atomic mass is 14.9. The van der Waals surface area contributed by atoms with Gasteiger partial charge in [-0.3, -0.25) is 0 Å². The van der Waals surface area contributed by atoms with Gasteiger partial charge in [0.15, 0.2) is 0 Å². The number of nitrogens with two attached hydrogens (primary N) is 1. The van der Waals surface area contributed by atoms with Crippen LogP contribution in [0.25, 0.3) is 0 Å². The molecule has 2 nitrogen and oxygen atoms in total. The highest BCUT2D eigenvalue weighted by Crippen LogP contribution is 2.21. The molecular formula is C15H18N2. The Morgan fingerprint density at radius 1 is 0.824 bits per heavy atom. The van der Waals surface area contributed by atoms with Gasteiger partial charge < -0.3 is 11.1 Å². The second-order valence-electron chi connectivity index (χ2n) is 4.52. The second-order valence-corrected chi connectivity index (χ2v) is 4.52. The number of nitrogens with one attached hydrogen (secondary N) is 1. The van der Waals surface area contributed by atoms with Crippen molar-refractivity contribution in [3.8, 4) is 0 Å². The number of benzene rings is 2. The van der Waals surface area contributed by atoms with E-state index >= 15 is 0 Å². The number of nitrogen functional groups attached to an aromatic ring is 1. The van der Waals surface area contributed by atoms with Crippen LogP contribution in [0.15, 0.2) is 48.5 Å². The second kappa shape index (κ2) is 4.91. The Hall–Kier alpha value is -1.96. The van der Waals surface area contributed by atoms with Crippen LogP contribution in [-0.2, 0) is 0 Å². The molecule has 0 aliphatic carbocycles. The van der Waals surface area contributed by atoms with Crippen molar-refractivity contribution >= 4 is 17.1 Å². The van der Waals surface area contributed by atoms with E-state index in [9.17, 15) is 0 Å². The summed E-state index contributed by atoms with van der Waals surface area (Å²) in [6.07, 6.45) is 0. The van der Waals surface area contributed by atoms with Crippen LogP contribution in [0.5, 0.6) is 0 Å². The van der Waals surface area contributed by atoms with Crippen LogP contribution < -0.4 is 11.1 Å². The topological polar surface area (TPSA) is 38.0 Å². The van der Waals surface area contributed by atoms with E-state index in [0.29, 0.717) is 5.92 Å². The summed E-state index contributed by atoms with van der Waals surface area (Å²) in [4.78, 5) is 0. The highest BCUT2D eigenvalue weighted by Gasteiger charge is 1.99. The van der Waals surface area contributed by atoms with E-state index in [4.69, 9.17) is 5.73 Å². The minimum atomic E-state index is 0.570. The van der Waals surface area contributed by atoms with Crippen molar-refractivity contribution in [3.63, 3.8) is 0 Å². The molecule has 0 amide bonds. The van der Waals surface area contributed by atoms with Crippen LogP contribution in [0.2, 0.25) is 0 Å². The van der Waals surface area contributed by atoms with E-state index in [1.54, 1.807) is 0 Å². The summed E-state index contributed by atoms with van der Waals surface area (Å²) >= 11 is 0. The molecule has 2 aromatic carbocycles. The number of rotatable bonds is 3. The molecule has 2 heteroatoms. The smallest absolute Gasteiger partial charge is 0.0385 e. The summed E-state index contributed by atoms with van der Waals surface area (Å²) in [7, 11) is 0. The third-order valence-electron chi connectivity index (χ3n) is 2.78. The predicted octanol–water partition coefficient (Wildman–Crippen LogP) is 4.14. The van der Waals surface area contributed by atoms with Crippen molar-refractivity contribution in [2.45, 2.75) is 19.8 Å². The fourth-order valence-electron chi connectivity index (χ4n) is 1.68. The Morgan fingerprint density at radius 3 is 1.76 bits per heavy atom. The summed E-state index contributed by atoms with van der Waals surface area (Å²) in [6, 6.07) is 16.3. The lowest BCUT2D eigenvalue weighted by atomic mass is 10.0. The molecule has 0 heterocycles. The monoisotopic (exact) mass is 226 g/mol. The molecule has 3 N–H and O–H groups in total. The Morgan fingerprint density at radius 2 is 1.29 bits per heavy atom. The van der Waals surface area contributed by atoms with Crippen LogP contribution in [0.4, 0.5) is 17.1 Å². The molecule has 0 unspecified atom stereocenters. The number of anilines is 3. The first-order valence-corrected chi connectivity index (χ1v) is 5.87. The first-order chi connectivity index (χ1) is 8.15. The molecule has 0 fully saturated rings. The van der Waals surface area contributed by atoms with Crippen LogP contribution in [0.3, 0.4) is 0 Å². The highest BCUT2D eigenvalue weighted by molar-refractivity contribution is 5.61. The minimum absolute atomic E-state index is 0.570. The molecule has 0 saturated carbocycles. The van der Waals surface area contributed by atoms with Gasteiger partial charge >= 0.3 is 0 Å². The van der Waals surface area contributed by atoms with Crippen LogP contribution >= 0.6 is 0 Å². The summed E-state index contributed by atoms with van der Waals surface area (Å²) in [5, 5.41) is 3.34. The maximum Gasteiger partial charge on any atom is 0.0385 e. The summed E-state index contributed by atoms with van der Waals surface area (Å²) < 4.78 is 0. The van der Waals surface area contributed by atoms with Crippen molar-refractivity contribution < 1.29 is 0 Å². The van der Waals surface area contributed by atoms with Gasteiger partial charge in [0.1, 0.15) is 0 Å². The molecular weight excluding hydrogens is 208 g/mol. The summed E-state index contributed by atoms with van der Waals surface area (Å²) in [6.45, 7) is 4.39. The molecule has 0 atom stereocenters. The maximum atomic E-state index is 5.65. The predicted molar refractivity (Wildman–Crippen MR) is 74.7 cm³/mol. The van der Waals surface area contributed by atoms with E-state index in [0.717, 1.165) is 17.1 Å². The molecule has 0 aliphatic rings. The van der Waals surface area contributed by atoms with Crippen LogP contribution in [-0.4, -0.2) is 0 Å². The van der Waals surface area contributed by atoms with Crippen molar-refractivity contribution in [1.29, 1.82) is 0 Å². The third-order valence-corrected chi connectivity index (χ3v) is 2.78. The lowest BCUT2D eigenvalue weighted by molar-refractivity contribution is 0.867. The molecule has 88 valence electrons. The van der Waals surface area contributed by atoms with Gasteiger partial charge in [0.05, 0.1) is 0 Å². The zero-order valence-electron chi connectivity index (χ0n) is 10.3. The molecule has 17 heavy (non-hydrogen) atoms. The van der Waals surface area contributed by atoms with Crippen molar-refractivity contribution in [3.05, 3.63) is 54.1 Å². The minimum Gasteiger partial charge on any atom is -0.399 e. The molecule has 0 saturated heterocycles. The molecule has 0 aromatic heterocycles. The number of hydrogen-bond acceptors (Lipinski definition) is 2. The zero-order valence-corrected chi connectivity index (χ0v) is 10.3. The van der Waals surface area contributed by atoms with Gasteiger partial charge in [-0.25, -0.2) is 0 Å². The average molecular weight is 226 g/mol. The largest absolute Gasteiger partial charge is 0.399 e. The van der Waals surface area contributed by atoms with Gasteiger partial charge in [-0.05, 0) is 47.9 Å². The zero-order chi connectivity index (χ0) is 12.3. The van der Waals surface area contributed by atoms with E-state index < -0.39 is 0 Å². The first kappa shape index (κ1) is 11.5. The van der Waals surface area contributed by atoms with E-state index in [1.807, 2.05) is 24.3 Å². The fraction of sp³-hybridized carbons (Fsp3) is 0.200. The van der Waals surface area contributed by atoms with Crippen molar-refractivity contribution in [2.75, 3.05) is 11.1 Å². The molecule has 2 rings (SSSR count). The van der Waals surface area contributed by atoms with Crippen LogP contribution in [0.1, 0.15) is 25.3 Å². The lowest BCUT2D eigenvalue weighted by Gasteiger charge is -2.09. The fourth-order valence-corrected chi connectivity index (χ4v) is 1.68. The Bertz CT molecular complexity index is 469. The summed E-state index contributed by atoms with van der Waals surface area (Å²) in [5.41, 5.74) is 9.93. The third kappa shape index (κ3) is 3.00. The standard InChI is InChI=1S/C15H18N2/c1-11(2)12-3-7-14(8-4-12)17-15-9-5-13(16)6-10-15/h3-11,17H,16H2,1-2H3. The van der Waals surface area contributed by atoms with Gasteiger partial charge in [-0.1, -0.05) is 26.0 Å². The Kier molecular flexibility index (Phi) is 3.33. The normalized spacial score (nSPS) is 10.5. The molecule has 0 bridgehead atoms. The maximum absolute atomic E-state index is 5.65. The quantitative estimate of drug-likeness (QED) is 0.772. The van der Waals surface area contributed by atoms with Gasteiger partial charge in [0.2, 0.25) is 0 Å². The average Bonchev–Trinajstić information content (AvgIpc) is 2.33. The van der Waals surface area contributed by atoms with Gasteiger partial charge in [0.25, 0.3) is 0 Å². The van der Waals surface area contributed by atoms with Gasteiger partial charge in [-0.2, -0.15) is 0 Å². The lowest BCUT2D eigenvalue weighted by Crippen LogP contribution is -1.92. The first-order valence-electron chi connectivity index (χ1n) is 5.87. The molecule has 0 aliphatic heterocycles. The SMILES string of the molecule is CC(C)c1ccc(Nc2ccc(N)cc2)cc1.